The van der Waals surface area contributed by atoms with E-state index in [4.69, 9.17) is 17.9 Å². The molecule has 0 saturated carbocycles. The van der Waals surface area contributed by atoms with Crippen LogP contribution in [0.15, 0.2) is 30.6 Å². The van der Waals surface area contributed by atoms with Crippen LogP contribution >= 0.6 is 15.6 Å². The zero-order valence-electron chi connectivity index (χ0n) is 11.8. The molecule has 1 atom stereocenters. The number of rotatable bonds is 9. The van der Waals surface area contributed by atoms with E-state index in [1.54, 1.807) is 39.0 Å². The first-order chi connectivity index (χ1) is 9.49. The van der Waals surface area contributed by atoms with E-state index in [-0.39, 0.29) is 19.8 Å². The van der Waals surface area contributed by atoms with Crippen molar-refractivity contribution in [2.24, 2.45) is 0 Å². The Morgan fingerprint density at radius 1 is 0.850 bits per heavy atom. The van der Waals surface area contributed by atoms with Crippen molar-refractivity contribution in [2.75, 3.05) is 19.8 Å². The number of aromatic nitrogens is 1. The molecule has 0 aliphatic rings. The van der Waals surface area contributed by atoms with Crippen LogP contribution in [0.1, 0.15) is 20.8 Å². The van der Waals surface area contributed by atoms with Gasteiger partial charge in [-0.3, -0.25) is 13.6 Å². The van der Waals surface area contributed by atoms with Gasteiger partial charge >= 0.3 is 15.6 Å². The highest BCUT2D eigenvalue weighted by atomic mass is 31.3. The molecule has 0 fully saturated rings. The van der Waals surface area contributed by atoms with Gasteiger partial charge in [0.2, 0.25) is 0 Å². The SMILES string of the molecule is CCOP(=O)(OCC)OP(=O)(OCC)[n+]1ccccc1. The summed E-state index contributed by atoms with van der Waals surface area (Å²) >= 11 is 0. The molecule has 0 bridgehead atoms. The van der Waals surface area contributed by atoms with E-state index in [0.717, 1.165) is 0 Å². The Bertz CT molecular complexity index is 485. The lowest BCUT2D eigenvalue weighted by Gasteiger charge is -2.18. The first-order valence-electron chi connectivity index (χ1n) is 6.32. The van der Waals surface area contributed by atoms with Crippen LogP contribution in [0.3, 0.4) is 0 Å². The van der Waals surface area contributed by atoms with Crippen LogP contribution in [0.5, 0.6) is 0 Å². The van der Waals surface area contributed by atoms with E-state index >= 15 is 0 Å². The molecule has 0 aliphatic heterocycles. The summed E-state index contributed by atoms with van der Waals surface area (Å²) in [4.78, 5) is 0. The molecule has 1 aromatic heterocycles. The fourth-order valence-electron chi connectivity index (χ4n) is 1.38. The molecule has 1 heterocycles. The average molecular weight is 324 g/mol. The second kappa shape index (κ2) is 8.03. The first-order valence-corrected chi connectivity index (χ1v) is 9.27. The fourth-order valence-corrected chi connectivity index (χ4v) is 4.94. The van der Waals surface area contributed by atoms with Gasteiger partial charge in [0.25, 0.3) is 0 Å². The molecule has 0 radical (unpaired) electrons. The monoisotopic (exact) mass is 324 g/mol. The van der Waals surface area contributed by atoms with Crippen molar-refractivity contribution in [1.29, 1.82) is 0 Å². The van der Waals surface area contributed by atoms with Gasteiger partial charge in [0.1, 0.15) is 0 Å². The maximum absolute atomic E-state index is 12.8. The summed E-state index contributed by atoms with van der Waals surface area (Å²) < 4.78 is 46.6. The highest BCUT2D eigenvalue weighted by Gasteiger charge is 2.47. The lowest BCUT2D eigenvalue weighted by Crippen LogP contribution is -2.31. The van der Waals surface area contributed by atoms with Gasteiger partial charge in [-0.15, -0.1) is 4.34 Å². The van der Waals surface area contributed by atoms with E-state index in [9.17, 15) is 9.13 Å². The molecular weight excluding hydrogens is 304 g/mol. The Labute approximate surface area is 119 Å². The maximum Gasteiger partial charge on any atom is 0.622 e. The van der Waals surface area contributed by atoms with Gasteiger partial charge in [-0.25, -0.2) is 4.57 Å². The van der Waals surface area contributed by atoms with E-state index in [2.05, 4.69) is 0 Å². The number of phosphoric acid groups is 1. The third kappa shape index (κ3) is 4.77. The third-order valence-corrected chi connectivity index (χ3v) is 6.24. The van der Waals surface area contributed by atoms with E-state index in [0.29, 0.717) is 0 Å². The molecule has 20 heavy (non-hydrogen) atoms. The van der Waals surface area contributed by atoms with Gasteiger partial charge in [-0.2, -0.15) is 8.88 Å². The minimum Gasteiger partial charge on any atom is -0.287 e. The highest BCUT2D eigenvalue weighted by Crippen LogP contribution is 2.62. The molecule has 114 valence electrons. The van der Waals surface area contributed by atoms with Crippen molar-refractivity contribution in [1.82, 2.24) is 0 Å². The standard InChI is InChI=1S/C11H20NO6P2/c1-4-15-19(13,12-10-8-7-9-11-12)18-20(14,16-5-2)17-6-3/h7-11H,4-6H2,1-3H3/q+1. The number of hydrogen-bond donors (Lipinski definition) is 0. The second-order valence-electron chi connectivity index (χ2n) is 3.51. The quantitative estimate of drug-likeness (QED) is 0.650. The zero-order chi connectivity index (χ0) is 15.1. The normalized spacial score (nSPS) is 14.9. The lowest BCUT2D eigenvalue weighted by molar-refractivity contribution is -0.539. The largest absolute Gasteiger partial charge is 0.622 e. The predicted molar refractivity (Wildman–Crippen MR) is 73.2 cm³/mol. The summed E-state index contributed by atoms with van der Waals surface area (Å²) in [5.41, 5.74) is 0. The minimum absolute atomic E-state index is 0.100. The summed E-state index contributed by atoms with van der Waals surface area (Å²) in [6.45, 7) is 5.25. The topological polar surface area (TPSA) is 74.9 Å². The lowest BCUT2D eigenvalue weighted by atomic mass is 10.5. The van der Waals surface area contributed by atoms with Crippen LogP contribution in [0.25, 0.3) is 0 Å². The molecule has 0 spiro atoms. The molecule has 1 unspecified atom stereocenters. The average Bonchev–Trinajstić information content (AvgIpc) is 2.40. The number of nitrogens with zero attached hydrogens (tertiary/aromatic N) is 1. The van der Waals surface area contributed by atoms with E-state index < -0.39 is 15.6 Å². The van der Waals surface area contributed by atoms with Crippen LogP contribution in [0, 0.1) is 0 Å². The molecule has 9 heteroatoms. The Morgan fingerprint density at radius 2 is 1.35 bits per heavy atom. The summed E-state index contributed by atoms with van der Waals surface area (Å²) in [6.07, 6.45) is 3.00. The Balaban J connectivity index is 3.08. The van der Waals surface area contributed by atoms with Crippen molar-refractivity contribution in [3.05, 3.63) is 30.6 Å². The van der Waals surface area contributed by atoms with Crippen molar-refractivity contribution in [2.45, 2.75) is 20.8 Å². The Morgan fingerprint density at radius 3 is 1.80 bits per heavy atom. The zero-order valence-corrected chi connectivity index (χ0v) is 13.6. The molecule has 0 saturated heterocycles. The van der Waals surface area contributed by atoms with Gasteiger partial charge in [0, 0.05) is 12.1 Å². The minimum atomic E-state index is -3.94. The number of pyridine rings is 1. The van der Waals surface area contributed by atoms with Crippen molar-refractivity contribution in [3.8, 4) is 0 Å². The molecule has 0 aliphatic carbocycles. The maximum atomic E-state index is 12.8. The van der Waals surface area contributed by atoms with Crippen molar-refractivity contribution < 1.29 is 31.3 Å². The Hall–Kier alpha value is -0.550. The smallest absolute Gasteiger partial charge is 0.287 e. The van der Waals surface area contributed by atoms with E-state index in [1.165, 1.54) is 16.7 Å². The van der Waals surface area contributed by atoms with Gasteiger partial charge in [0.15, 0.2) is 12.4 Å². The molecule has 1 rings (SSSR count). The van der Waals surface area contributed by atoms with Gasteiger partial charge < -0.3 is 0 Å². The van der Waals surface area contributed by atoms with Crippen LogP contribution in [-0.4, -0.2) is 19.8 Å². The number of hydrogen-bond acceptors (Lipinski definition) is 6. The molecule has 1 aromatic rings. The summed E-state index contributed by atoms with van der Waals surface area (Å²) in [6, 6.07) is 5.06. The van der Waals surface area contributed by atoms with Gasteiger partial charge in [-0.05, 0) is 20.8 Å². The van der Waals surface area contributed by atoms with Crippen LogP contribution < -0.4 is 4.34 Å². The van der Waals surface area contributed by atoms with Crippen LogP contribution in [-0.2, 0) is 27.0 Å². The molecule has 0 aromatic carbocycles. The predicted octanol–water partition coefficient (Wildman–Crippen LogP) is 3.16. The van der Waals surface area contributed by atoms with Crippen LogP contribution in [0.2, 0.25) is 0 Å². The summed E-state index contributed by atoms with van der Waals surface area (Å²) in [5, 5.41) is 0. The van der Waals surface area contributed by atoms with Crippen LogP contribution in [0.4, 0.5) is 0 Å². The first kappa shape index (κ1) is 17.5. The molecule has 7 nitrogen and oxygen atoms in total. The van der Waals surface area contributed by atoms with Gasteiger partial charge in [0.05, 0.1) is 19.8 Å². The Kier molecular flexibility index (Phi) is 7.03. The molecule has 0 amide bonds. The highest BCUT2D eigenvalue weighted by molar-refractivity contribution is 7.61. The summed E-state index contributed by atoms with van der Waals surface area (Å²) in [7, 11) is -7.79. The second-order valence-corrected chi connectivity index (χ2v) is 7.23. The summed E-state index contributed by atoms with van der Waals surface area (Å²) in [5.74, 6) is 0. The van der Waals surface area contributed by atoms with E-state index in [1.807, 2.05) is 0 Å². The molecule has 0 N–H and O–H groups in total. The molecular formula is C11H20NO6P2+. The van der Waals surface area contributed by atoms with Crippen molar-refractivity contribution in [3.63, 3.8) is 0 Å². The number of phosphoric ester groups is 1. The van der Waals surface area contributed by atoms with Crippen molar-refractivity contribution >= 4 is 15.6 Å². The third-order valence-electron chi connectivity index (χ3n) is 2.05. The van der Waals surface area contributed by atoms with Gasteiger partial charge in [-0.1, -0.05) is 6.07 Å². The fraction of sp³-hybridized carbons (Fsp3) is 0.545.